The zero-order chi connectivity index (χ0) is 18.4. The number of aryl methyl sites for hydroxylation is 2. The average molecular weight is 345 g/mol. The van der Waals surface area contributed by atoms with Crippen molar-refractivity contribution in [2.75, 3.05) is 11.4 Å². The number of benzene rings is 2. The topological polar surface area (TPSA) is 63.2 Å². The molecule has 0 unspecified atom stereocenters. The van der Waals surface area contributed by atoms with E-state index in [1.165, 1.54) is 0 Å². The summed E-state index contributed by atoms with van der Waals surface area (Å²) in [4.78, 5) is 35.4. The molecule has 0 saturated heterocycles. The molecule has 0 fully saturated rings. The first-order valence-electron chi connectivity index (χ1n) is 8.65. The van der Waals surface area contributed by atoms with E-state index in [0.29, 0.717) is 17.7 Å². The molecule has 2 aromatic carbocycles. The molecule has 2 heterocycles. The fraction of sp³-hybridized carbons (Fsp3) is 0.238. The van der Waals surface area contributed by atoms with Crippen LogP contribution in [0.3, 0.4) is 0 Å². The summed E-state index contributed by atoms with van der Waals surface area (Å²) in [5.74, 6) is -0.0161. The lowest BCUT2D eigenvalue weighted by Crippen LogP contribution is -2.28. The highest BCUT2D eigenvalue weighted by atomic mass is 16.2. The first kappa shape index (κ1) is 16.4. The molecular formula is C21H19N3O2. The molecule has 0 spiro atoms. The Balaban J connectivity index is 1.70. The summed E-state index contributed by atoms with van der Waals surface area (Å²) in [5.41, 5.74) is 6.48. The van der Waals surface area contributed by atoms with E-state index in [4.69, 9.17) is 0 Å². The number of nitrogens with zero attached hydrogens (tertiary/aromatic N) is 3. The third-order valence-electron chi connectivity index (χ3n) is 4.95. The van der Waals surface area contributed by atoms with Crippen molar-refractivity contribution >= 4 is 28.4 Å². The van der Waals surface area contributed by atoms with E-state index in [1.807, 2.05) is 32.0 Å². The second kappa shape index (κ2) is 6.02. The third kappa shape index (κ3) is 2.65. The number of carbonyl (C=O) groups excluding carboxylic acids is 2. The van der Waals surface area contributed by atoms with Gasteiger partial charge in [0.1, 0.15) is 0 Å². The van der Waals surface area contributed by atoms with Gasteiger partial charge in [-0.25, -0.2) is 9.97 Å². The van der Waals surface area contributed by atoms with Crippen LogP contribution in [0.15, 0.2) is 36.4 Å². The summed E-state index contributed by atoms with van der Waals surface area (Å²) < 4.78 is 0. The second-order valence-corrected chi connectivity index (χ2v) is 6.70. The predicted octanol–water partition coefficient (Wildman–Crippen LogP) is 3.65. The minimum absolute atomic E-state index is 0.0383. The molecule has 0 saturated carbocycles. The van der Waals surface area contributed by atoms with Crippen LogP contribution in [-0.2, 0) is 6.42 Å². The Morgan fingerprint density at radius 3 is 2.35 bits per heavy atom. The Labute approximate surface area is 151 Å². The Kier molecular flexibility index (Phi) is 3.80. The Hall–Kier alpha value is -3.08. The summed E-state index contributed by atoms with van der Waals surface area (Å²) in [5, 5.41) is 0. The molecule has 5 nitrogen and oxygen atoms in total. The lowest BCUT2D eigenvalue weighted by Gasteiger charge is -2.18. The number of amides is 1. The molecular weight excluding hydrogens is 326 g/mol. The van der Waals surface area contributed by atoms with Gasteiger partial charge in [-0.15, -0.1) is 0 Å². The highest BCUT2D eigenvalue weighted by Crippen LogP contribution is 2.30. The average Bonchev–Trinajstić information content (AvgIpc) is 3.04. The zero-order valence-corrected chi connectivity index (χ0v) is 15.0. The van der Waals surface area contributed by atoms with Crippen LogP contribution < -0.4 is 4.90 Å². The van der Waals surface area contributed by atoms with Gasteiger partial charge in [-0.1, -0.05) is 0 Å². The van der Waals surface area contributed by atoms with Crippen LogP contribution in [0.2, 0.25) is 0 Å². The van der Waals surface area contributed by atoms with Crippen molar-refractivity contribution < 1.29 is 9.59 Å². The SMILES string of the molecule is CC(=O)c1ccc2c(c1)CCN2C(=O)c1ccc2nc(C)c(C)nc2c1. The third-order valence-corrected chi connectivity index (χ3v) is 4.95. The molecule has 4 rings (SSSR count). The molecule has 0 aliphatic carbocycles. The first-order valence-corrected chi connectivity index (χ1v) is 8.65. The van der Waals surface area contributed by atoms with Crippen LogP contribution >= 0.6 is 0 Å². The molecule has 1 amide bonds. The predicted molar refractivity (Wildman–Crippen MR) is 101 cm³/mol. The summed E-state index contributed by atoms with van der Waals surface area (Å²) >= 11 is 0. The fourth-order valence-corrected chi connectivity index (χ4v) is 3.35. The van der Waals surface area contributed by atoms with E-state index in [-0.39, 0.29) is 11.7 Å². The van der Waals surface area contributed by atoms with Crippen molar-refractivity contribution in [2.24, 2.45) is 0 Å². The molecule has 0 N–H and O–H groups in total. The lowest BCUT2D eigenvalue weighted by atomic mass is 10.1. The van der Waals surface area contributed by atoms with Crippen LogP contribution in [0.1, 0.15) is 44.6 Å². The van der Waals surface area contributed by atoms with Gasteiger partial charge in [-0.05, 0) is 69.2 Å². The van der Waals surface area contributed by atoms with Gasteiger partial charge >= 0.3 is 0 Å². The second-order valence-electron chi connectivity index (χ2n) is 6.70. The highest BCUT2D eigenvalue weighted by Gasteiger charge is 2.26. The minimum Gasteiger partial charge on any atom is -0.308 e. The van der Waals surface area contributed by atoms with Crippen molar-refractivity contribution in [3.05, 3.63) is 64.5 Å². The van der Waals surface area contributed by atoms with Gasteiger partial charge in [0.05, 0.1) is 22.4 Å². The molecule has 1 aromatic heterocycles. The quantitative estimate of drug-likeness (QED) is 0.665. The summed E-state index contributed by atoms with van der Waals surface area (Å²) in [6.07, 6.45) is 0.758. The normalized spacial score (nSPS) is 13.1. The van der Waals surface area contributed by atoms with Crippen LogP contribution in [0, 0.1) is 13.8 Å². The van der Waals surface area contributed by atoms with Gasteiger partial charge in [0.2, 0.25) is 0 Å². The molecule has 1 aliphatic heterocycles. The number of hydrogen-bond donors (Lipinski definition) is 0. The van der Waals surface area contributed by atoms with Gasteiger partial charge in [0.15, 0.2) is 5.78 Å². The maximum Gasteiger partial charge on any atom is 0.258 e. The Morgan fingerprint density at radius 2 is 1.62 bits per heavy atom. The van der Waals surface area contributed by atoms with Crippen molar-refractivity contribution in [2.45, 2.75) is 27.2 Å². The van der Waals surface area contributed by atoms with E-state index in [1.54, 1.807) is 30.0 Å². The molecule has 1 aliphatic rings. The van der Waals surface area contributed by atoms with E-state index in [0.717, 1.165) is 40.1 Å². The fourth-order valence-electron chi connectivity index (χ4n) is 3.35. The number of Topliss-reactive ketones (excluding diaryl/α,β-unsaturated/α-hetero) is 1. The van der Waals surface area contributed by atoms with Gasteiger partial charge in [-0.3, -0.25) is 9.59 Å². The maximum atomic E-state index is 13.0. The molecule has 0 radical (unpaired) electrons. The van der Waals surface area contributed by atoms with Gasteiger partial charge < -0.3 is 4.90 Å². The van der Waals surface area contributed by atoms with Crippen molar-refractivity contribution in [3.8, 4) is 0 Å². The Morgan fingerprint density at radius 1 is 0.923 bits per heavy atom. The number of hydrogen-bond acceptors (Lipinski definition) is 4. The lowest BCUT2D eigenvalue weighted by molar-refractivity contribution is 0.0987. The molecule has 3 aromatic rings. The highest BCUT2D eigenvalue weighted by molar-refractivity contribution is 6.09. The number of ketones is 1. The number of carbonyl (C=O) groups is 2. The number of rotatable bonds is 2. The van der Waals surface area contributed by atoms with Crippen LogP contribution in [0.4, 0.5) is 5.69 Å². The van der Waals surface area contributed by atoms with E-state index in [2.05, 4.69) is 9.97 Å². The largest absolute Gasteiger partial charge is 0.308 e. The number of fused-ring (bicyclic) bond motifs is 2. The van der Waals surface area contributed by atoms with Gasteiger partial charge in [-0.2, -0.15) is 0 Å². The smallest absolute Gasteiger partial charge is 0.258 e. The summed E-state index contributed by atoms with van der Waals surface area (Å²) in [6.45, 7) is 6.02. The number of aromatic nitrogens is 2. The number of anilines is 1. The van der Waals surface area contributed by atoms with Gasteiger partial charge in [0.25, 0.3) is 5.91 Å². The first-order chi connectivity index (χ1) is 12.4. The standard InChI is InChI=1S/C21H19N3O2/c1-12-13(2)23-19-11-17(4-6-18(19)22-12)21(26)24-9-8-16-10-15(14(3)25)5-7-20(16)24/h4-7,10-11H,8-9H2,1-3H3. The van der Waals surface area contributed by atoms with Crippen molar-refractivity contribution in [1.29, 1.82) is 0 Å². The Bertz CT molecular complexity index is 1070. The van der Waals surface area contributed by atoms with Crippen molar-refractivity contribution in [3.63, 3.8) is 0 Å². The monoisotopic (exact) mass is 345 g/mol. The van der Waals surface area contributed by atoms with Crippen molar-refractivity contribution in [1.82, 2.24) is 9.97 Å². The molecule has 26 heavy (non-hydrogen) atoms. The maximum absolute atomic E-state index is 13.0. The molecule has 0 bridgehead atoms. The van der Waals surface area contributed by atoms with Crippen LogP contribution in [-0.4, -0.2) is 28.2 Å². The van der Waals surface area contributed by atoms with E-state index < -0.39 is 0 Å². The summed E-state index contributed by atoms with van der Waals surface area (Å²) in [7, 11) is 0. The van der Waals surface area contributed by atoms with E-state index >= 15 is 0 Å². The van der Waals surface area contributed by atoms with Crippen LogP contribution in [0.5, 0.6) is 0 Å². The molecule has 0 atom stereocenters. The van der Waals surface area contributed by atoms with E-state index in [9.17, 15) is 9.59 Å². The van der Waals surface area contributed by atoms with Crippen LogP contribution in [0.25, 0.3) is 11.0 Å². The summed E-state index contributed by atoms with van der Waals surface area (Å²) in [6, 6.07) is 11.0. The van der Waals surface area contributed by atoms with Gasteiger partial charge in [0, 0.05) is 23.4 Å². The minimum atomic E-state index is -0.0544. The molecule has 5 heteroatoms. The zero-order valence-electron chi connectivity index (χ0n) is 15.0. The molecule has 130 valence electrons.